The average Bonchev–Trinajstić information content (AvgIpc) is 3.70. The molecule has 242 valence electrons. The normalized spacial score (nSPS) is 19.5. The molecule has 3 heterocycles. The minimum Gasteiger partial charge on any atom is -0.394 e. The second-order valence-electron chi connectivity index (χ2n) is 11.0. The van der Waals surface area contributed by atoms with Crippen LogP contribution in [0.1, 0.15) is 74.3 Å². The van der Waals surface area contributed by atoms with Crippen LogP contribution in [0.25, 0.3) is 0 Å². The van der Waals surface area contributed by atoms with Crippen LogP contribution < -0.4 is 10.6 Å². The first-order valence-electron chi connectivity index (χ1n) is 14.0. The van der Waals surface area contributed by atoms with E-state index in [0.717, 1.165) is 25.4 Å². The Bertz CT molecular complexity index is 1410. The molecule has 1 aliphatic carbocycles. The van der Waals surface area contributed by atoms with Gasteiger partial charge in [0.05, 0.1) is 18.8 Å². The highest BCUT2D eigenvalue weighted by atomic mass is 19.4. The Hall–Kier alpha value is -3.96. The van der Waals surface area contributed by atoms with Gasteiger partial charge in [-0.15, -0.1) is 15.3 Å². The zero-order chi connectivity index (χ0) is 32.2. The van der Waals surface area contributed by atoms with Crippen molar-refractivity contribution in [3.63, 3.8) is 0 Å². The lowest BCUT2D eigenvalue weighted by Crippen LogP contribution is -2.49. The van der Waals surface area contributed by atoms with E-state index in [2.05, 4.69) is 38.0 Å². The summed E-state index contributed by atoms with van der Waals surface area (Å²) in [5.74, 6) is -3.19. The third-order valence-electron chi connectivity index (χ3n) is 7.64. The molecule has 1 fully saturated rings. The third-order valence-corrected chi connectivity index (χ3v) is 7.64. The molecule has 0 spiro atoms. The molecule has 0 saturated heterocycles. The van der Waals surface area contributed by atoms with Crippen LogP contribution in [0.5, 0.6) is 0 Å². The number of alkyl halides is 5. The van der Waals surface area contributed by atoms with Crippen LogP contribution in [-0.4, -0.2) is 76.5 Å². The number of rotatable bonds is 12. The molecular formula is C26H33F6N9O3. The van der Waals surface area contributed by atoms with Gasteiger partial charge in [0.1, 0.15) is 36.3 Å². The first-order valence-corrected chi connectivity index (χ1v) is 14.0. The standard InChI is InChI=1S/C26H33F6N9O3/c1-14-3-5-16(6-4-14)21(36-24(43)18-7-8-34-41(18)15(2)11-42)25(44)35-17-10-40(38-22(17)29)19(9-20(27)28)23-37-33-13-39(23)12-26(30,31)32/h7-8,10,13-16,19-21,42H,3-6,9,11-12H2,1-2H3,(H,35,44)(H,36,43)/t14-,15-,16-,19-,21-/m0/s1. The molecule has 3 N–H and O–H groups in total. The highest BCUT2D eigenvalue weighted by molar-refractivity contribution is 6.00. The molecule has 2 amide bonds. The number of aliphatic hydroxyl groups is 1. The molecule has 18 heteroatoms. The lowest BCUT2D eigenvalue weighted by Gasteiger charge is -2.32. The maximum atomic E-state index is 15.0. The number of nitrogens with one attached hydrogen (secondary N) is 2. The highest BCUT2D eigenvalue weighted by Crippen LogP contribution is 2.32. The second kappa shape index (κ2) is 13.8. The summed E-state index contributed by atoms with van der Waals surface area (Å²) in [5, 5.41) is 29.1. The first-order chi connectivity index (χ1) is 20.8. The van der Waals surface area contributed by atoms with Crippen LogP contribution >= 0.6 is 0 Å². The molecule has 3 aromatic rings. The number of aliphatic hydroxyl groups excluding tert-OH is 1. The van der Waals surface area contributed by atoms with E-state index in [1.807, 2.05) is 0 Å². The molecule has 3 aromatic heterocycles. The Morgan fingerprint density at radius 1 is 1.18 bits per heavy atom. The summed E-state index contributed by atoms with van der Waals surface area (Å²) < 4.78 is 83.6. The van der Waals surface area contributed by atoms with Gasteiger partial charge in [-0.05, 0) is 37.7 Å². The quantitative estimate of drug-likeness (QED) is 0.258. The first kappa shape index (κ1) is 32.9. The van der Waals surface area contributed by atoms with E-state index in [1.54, 1.807) is 6.92 Å². The minimum absolute atomic E-state index is 0.0883. The van der Waals surface area contributed by atoms with Crippen LogP contribution in [0.2, 0.25) is 0 Å². The number of nitrogens with zero attached hydrogens (tertiary/aromatic N) is 7. The van der Waals surface area contributed by atoms with Gasteiger partial charge in [0.25, 0.3) is 11.9 Å². The third kappa shape index (κ3) is 7.95. The van der Waals surface area contributed by atoms with Crippen molar-refractivity contribution >= 4 is 17.5 Å². The van der Waals surface area contributed by atoms with Gasteiger partial charge in [-0.25, -0.2) is 8.78 Å². The van der Waals surface area contributed by atoms with Crippen molar-refractivity contribution in [3.8, 4) is 0 Å². The van der Waals surface area contributed by atoms with E-state index in [9.17, 15) is 36.6 Å². The largest absolute Gasteiger partial charge is 0.406 e. The Balaban J connectivity index is 1.60. The molecule has 1 aliphatic rings. The van der Waals surface area contributed by atoms with Crippen LogP contribution in [0.15, 0.2) is 24.8 Å². The second-order valence-corrected chi connectivity index (χ2v) is 11.0. The van der Waals surface area contributed by atoms with Crippen LogP contribution in [0.4, 0.5) is 32.0 Å². The fourth-order valence-electron chi connectivity index (χ4n) is 5.32. The number of carbonyl (C=O) groups is 2. The summed E-state index contributed by atoms with van der Waals surface area (Å²) in [4.78, 5) is 26.8. The number of amides is 2. The molecule has 12 nitrogen and oxygen atoms in total. The van der Waals surface area contributed by atoms with Crippen LogP contribution in [0, 0.1) is 17.8 Å². The van der Waals surface area contributed by atoms with Crippen molar-refractivity contribution in [2.24, 2.45) is 11.8 Å². The lowest BCUT2D eigenvalue weighted by atomic mass is 9.79. The lowest BCUT2D eigenvalue weighted by molar-refractivity contribution is -0.141. The van der Waals surface area contributed by atoms with Gasteiger partial charge in [0.15, 0.2) is 5.82 Å². The Labute approximate surface area is 247 Å². The number of halogens is 6. The molecule has 0 bridgehead atoms. The van der Waals surface area contributed by atoms with Crippen molar-refractivity contribution in [1.29, 1.82) is 0 Å². The number of anilines is 1. The molecule has 1 saturated carbocycles. The molecule has 0 aromatic carbocycles. The predicted molar refractivity (Wildman–Crippen MR) is 142 cm³/mol. The van der Waals surface area contributed by atoms with Crippen molar-refractivity contribution in [1.82, 2.24) is 39.6 Å². The summed E-state index contributed by atoms with van der Waals surface area (Å²) in [5.41, 5.74) is -0.441. The molecule has 3 atom stereocenters. The number of hydrogen-bond donors (Lipinski definition) is 3. The smallest absolute Gasteiger partial charge is 0.394 e. The Morgan fingerprint density at radius 3 is 2.52 bits per heavy atom. The van der Waals surface area contributed by atoms with Gasteiger partial charge in [0.2, 0.25) is 12.3 Å². The zero-order valence-electron chi connectivity index (χ0n) is 23.9. The maximum absolute atomic E-state index is 15.0. The zero-order valence-corrected chi connectivity index (χ0v) is 23.9. The van der Waals surface area contributed by atoms with Gasteiger partial charge in [0, 0.05) is 12.6 Å². The van der Waals surface area contributed by atoms with Crippen molar-refractivity contribution in [2.45, 2.75) is 83.2 Å². The van der Waals surface area contributed by atoms with Gasteiger partial charge in [-0.3, -0.25) is 19.0 Å². The average molecular weight is 634 g/mol. The molecule has 4 rings (SSSR count). The molecule has 0 radical (unpaired) electrons. The van der Waals surface area contributed by atoms with E-state index in [-0.39, 0.29) is 18.2 Å². The van der Waals surface area contributed by atoms with Crippen LogP contribution in [-0.2, 0) is 11.3 Å². The van der Waals surface area contributed by atoms with Gasteiger partial charge >= 0.3 is 6.18 Å². The van der Waals surface area contributed by atoms with Crippen molar-refractivity contribution in [3.05, 3.63) is 42.3 Å². The topological polar surface area (TPSA) is 145 Å². The fraction of sp³-hybridized carbons (Fsp3) is 0.615. The maximum Gasteiger partial charge on any atom is 0.406 e. The number of aromatic nitrogens is 7. The van der Waals surface area contributed by atoms with Crippen LogP contribution in [0.3, 0.4) is 0 Å². The summed E-state index contributed by atoms with van der Waals surface area (Å²) in [6.07, 6.45) is -3.12. The molecular weight excluding hydrogens is 600 g/mol. The van der Waals surface area contributed by atoms with E-state index < -0.39 is 73.0 Å². The Morgan fingerprint density at radius 2 is 1.89 bits per heavy atom. The highest BCUT2D eigenvalue weighted by Gasteiger charge is 2.36. The molecule has 0 unspecified atom stereocenters. The molecule has 0 aliphatic heterocycles. The summed E-state index contributed by atoms with van der Waals surface area (Å²) in [7, 11) is 0. The minimum atomic E-state index is -4.72. The van der Waals surface area contributed by atoms with E-state index in [1.165, 1.54) is 16.9 Å². The Kier molecular flexibility index (Phi) is 10.3. The fourth-order valence-corrected chi connectivity index (χ4v) is 5.32. The van der Waals surface area contributed by atoms with Gasteiger partial charge < -0.3 is 20.3 Å². The number of carbonyl (C=O) groups excluding carboxylic acids is 2. The monoisotopic (exact) mass is 633 g/mol. The van der Waals surface area contributed by atoms with Gasteiger partial charge in [-0.1, -0.05) is 19.8 Å². The predicted octanol–water partition coefficient (Wildman–Crippen LogP) is 3.73. The SMILES string of the molecule is C[C@@H](CO)n1nccc1C(=O)N[C@H](C(=O)Nc1cn([C@@H](CC(F)F)c2nncn2CC(F)(F)F)nc1F)[C@H]1CC[C@H](C)CC1. The van der Waals surface area contributed by atoms with Crippen molar-refractivity contribution < 1.29 is 41.0 Å². The number of hydrogen-bond acceptors (Lipinski definition) is 7. The summed E-state index contributed by atoms with van der Waals surface area (Å²) in [6, 6.07) is -1.90. The van der Waals surface area contributed by atoms with E-state index in [0.29, 0.717) is 28.0 Å². The van der Waals surface area contributed by atoms with Crippen molar-refractivity contribution in [2.75, 3.05) is 11.9 Å². The molecule has 44 heavy (non-hydrogen) atoms. The van der Waals surface area contributed by atoms with E-state index >= 15 is 4.39 Å². The summed E-state index contributed by atoms with van der Waals surface area (Å²) >= 11 is 0. The summed E-state index contributed by atoms with van der Waals surface area (Å²) in [6.45, 7) is 1.84. The van der Waals surface area contributed by atoms with E-state index in [4.69, 9.17) is 0 Å². The van der Waals surface area contributed by atoms with Gasteiger partial charge in [-0.2, -0.15) is 22.7 Å².